The number of carbonyl (C=O) groups is 2. The van der Waals surface area contributed by atoms with Crippen molar-refractivity contribution < 1.29 is 32.0 Å². The number of halogens is 1. The Morgan fingerprint density at radius 1 is 0.944 bits per heavy atom. The zero-order chi connectivity index (χ0) is 26.0. The molecule has 36 heavy (non-hydrogen) atoms. The van der Waals surface area contributed by atoms with E-state index in [1.54, 1.807) is 24.3 Å². The van der Waals surface area contributed by atoms with Gasteiger partial charge in [-0.3, -0.25) is 9.35 Å². The van der Waals surface area contributed by atoms with Gasteiger partial charge in [0.05, 0.1) is 30.3 Å². The van der Waals surface area contributed by atoms with Gasteiger partial charge >= 0.3 is 6.09 Å². The summed E-state index contributed by atoms with van der Waals surface area (Å²) in [5, 5.41) is 2.97. The Hall–Kier alpha value is -2.66. The lowest BCUT2D eigenvalue weighted by atomic mass is 9.83. The number of nitrogens with one attached hydrogen (secondary N) is 1. The highest BCUT2D eigenvalue weighted by Crippen LogP contribution is 2.31. The molecule has 2 aromatic carbocycles. The Balaban J connectivity index is 1.40. The molecule has 2 amide bonds. The number of hydrogen-bond donors (Lipinski definition) is 2. The Bertz CT molecular complexity index is 1090. The minimum atomic E-state index is -4.10. The van der Waals surface area contributed by atoms with Crippen LogP contribution in [0.5, 0.6) is 0 Å². The molecule has 0 saturated heterocycles. The average molecular weight is 539 g/mol. The van der Waals surface area contributed by atoms with Crippen molar-refractivity contribution in [3.8, 4) is 0 Å². The van der Waals surface area contributed by atoms with E-state index < -0.39 is 27.9 Å². The predicted octanol–water partition coefficient (Wildman–Crippen LogP) is 4.44. The number of anilines is 2. The maximum atomic E-state index is 13.0. The summed E-state index contributed by atoms with van der Waals surface area (Å²) in [4.78, 5) is 26.2. The van der Waals surface area contributed by atoms with Crippen LogP contribution in [0.25, 0.3) is 0 Å². The second-order valence-electron chi connectivity index (χ2n) is 8.76. The van der Waals surface area contributed by atoms with Crippen LogP contribution in [0, 0.1) is 11.8 Å². The van der Waals surface area contributed by atoms with Gasteiger partial charge in [0.1, 0.15) is 6.61 Å². The molecular formula is C25H31ClN2O7S. The molecule has 2 N–H and O–H groups in total. The number of carbonyl (C=O) groups excluding carboxylic acids is 2. The Morgan fingerprint density at radius 3 is 2.14 bits per heavy atom. The Kier molecular flexibility index (Phi) is 10.5. The summed E-state index contributed by atoms with van der Waals surface area (Å²) in [5.74, 6) is -0.409. The molecule has 2 aromatic rings. The van der Waals surface area contributed by atoms with E-state index in [9.17, 15) is 18.0 Å². The third-order valence-electron chi connectivity index (χ3n) is 5.96. The molecule has 0 unspecified atom stereocenters. The Labute approximate surface area is 216 Å². The van der Waals surface area contributed by atoms with Gasteiger partial charge in [-0.25, -0.2) is 9.69 Å². The highest BCUT2D eigenvalue weighted by Gasteiger charge is 2.25. The SMILES string of the molecule is O=C(COCC1CCC(COC(=O)N(c2ccccc2)c2ccc(Cl)cc2)CC1)NCCS(=O)(=O)O. The number of para-hydroxylation sites is 1. The van der Waals surface area contributed by atoms with E-state index in [0.717, 1.165) is 25.7 Å². The summed E-state index contributed by atoms with van der Waals surface area (Å²) in [5.41, 5.74) is 1.37. The molecule has 1 saturated carbocycles. The van der Waals surface area contributed by atoms with Crippen molar-refractivity contribution in [1.29, 1.82) is 0 Å². The molecule has 0 aromatic heterocycles. The van der Waals surface area contributed by atoms with Gasteiger partial charge in [-0.1, -0.05) is 29.8 Å². The summed E-state index contributed by atoms with van der Waals surface area (Å²) in [6, 6.07) is 16.3. The lowest BCUT2D eigenvalue weighted by Crippen LogP contribution is -2.33. The normalized spacial score (nSPS) is 17.8. The van der Waals surface area contributed by atoms with Gasteiger partial charge in [-0.05, 0) is 73.9 Å². The number of nitrogens with zero attached hydrogens (tertiary/aromatic N) is 1. The van der Waals surface area contributed by atoms with Gasteiger partial charge in [-0.2, -0.15) is 8.42 Å². The first-order valence-electron chi connectivity index (χ1n) is 11.8. The van der Waals surface area contributed by atoms with E-state index in [4.69, 9.17) is 25.6 Å². The van der Waals surface area contributed by atoms with Gasteiger partial charge in [0.15, 0.2) is 0 Å². The minimum Gasteiger partial charge on any atom is -0.449 e. The summed E-state index contributed by atoms with van der Waals surface area (Å²) in [7, 11) is -4.10. The zero-order valence-corrected chi connectivity index (χ0v) is 21.4. The second-order valence-corrected chi connectivity index (χ2v) is 10.8. The van der Waals surface area contributed by atoms with Gasteiger partial charge in [0, 0.05) is 11.6 Å². The van der Waals surface area contributed by atoms with Crippen LogP contribution >= 0.6 is 11.6 Å². The van der Waals surface area contributed by atoms with Crippen molar-refractivity contribution in [2.24, 2.45) is 11.8 Å². The van der Waals surface area contributed by atoms with Crippen molar-refractivity contribution in [3.05, 3.63) is 59.6 Å². The van der Waals surface area contributed by atoms with E-state index in [0.29, 0.717) is 35.5 Å². The molecule has 1 aliphatic carbocycles. The predicted molar refractivity (Wildman–Crippen MR) is 137 cm³/mol. The van der Waals surface area contributed by atoms with Crippen LogP contribution in [-0.2, 0) is 24.4 Å². The van der Waals surface area contributed by atoms with Crippen molar-refractivity contribution in [2.45, 2.75) is 25.7 Å². The summed E-state index contributed by atoms with van der Waals surface area (Å²) in [6.07, 6.45) is 3.11. The largest absolute Gasteiger partial charge is 0.449 e. The molecule has 3 rings (SSSR count). The van der Waals surface area contributed by atoms with Gasteiger partial charge in [0.2, 0.25) is 5.91 Å². The Morgan fingerprint density at radius 2 is 1.53 bits per heavy atom. The first-order valence-corrected chi connectivity index (χ1v) is 13.8. The fourth-order valence-corrected chi connectivity index (χ4v) is 4.52. The third-order valence-corrected chi connectivity index (χ3v) is 6.93. The summed E-state index contributed by atoms with van der Waals surface area (Å²) in [6.45, 7) is 0.420. The molecule has 0 bridgehead atoms. The van der Waals surface area contributed by atoms with Crippen LogP contribution in [0.2, 0.25) is 5.02 Å². The lowest BCUT2D eigenvalue weighted by Gasteiger charge is -2.29. The smallest absolute Gasteiger partial charge is 0.418 e. The minimum absolute atomic E-state index is 0.162. The van der Waals surface area contributed by atoms with Crippen molar-refractivity contribution in [2.75, 3.05) is 37.0 Å². The van der Waals surface area contributed by atoms with Crippen LogP contribution in [0.15, 0.2) is 54.6 Å². The lowest BCUT2D eigenvalue weighted by molar-refractivity contribution is -0.126. The first kappa shape index (κ1) is 27.9. The molecule has 0 heterocycles. The zero-order valence-electron chi connectivity index (χ0n) is 19.8. The number of rotatable bonds is 11. The number of amides is 2. The molecular weight excluding hydrogens is 508 g/mol. The standard InChI is InChI=1S/C25H31ClN2O7S/c26-21-10-12-23(13-11-21)28(22-4-2-1-3-5-22)25(30)35-17-20-8-6-19(7-9-20)16-34-18-24(29)27-14-15-36(31,32)33/h1-5,10-13,19-20H,6-9,14-18H2,(H,27,29)(H,31,32,33). The molecule has 196 valence electrons. The average Bonchev–Trinajstić information content (AvgIpc) is 2.85. The highest BCUT2D eigenvalue weighted by molar-refractivity contribution is 7.85. The van der Waals surface area contributed by atoms with Crippen LogP contribution in [-0.4, -0.2) is 57.1 Å². The van der Waals surface area contributed by atoms with Crippen LogP contribution in [0.1, 0.15) is 25.7 Å². The maximum Gasteiger partial charge on any atom is 0.418 e. The van der Waals surface area contributed by atoms with E-state index in [-0.39, 0.29) is 19.1 Å². The number of hydrogen-bond acceptors (Lipinski definition) is 6. The van der Waals surface area contributed by atoms with Crippen molar-refractivity contribution in [1.82, 2.24) is 5.32 Å². The summed E-state index contributed by atoms with van der Waals surface area (Å²) < 4.78 is 41.1. The fraction of sp³-hybridized carbons (Fsp3) is 0.440. The molecule has 9 nitrogen and oxygen atoms in total. The molecule has 0 spiro atoms. The van der Waals surface area contributed by atoms with Crippen molar-refractivity contribution >= 4 is 45.1 Å². The van der Waals surface area contributed by atoms with E-state index in [1.807, 2.05) is 30.3 Å². The van der Waals surface area contributed by atoms with Gasteiger partial charge in [0.25, 0.3) is 10.1 Å². The van der Waals surface area contributed by atoms with Gasteiger partial charge < -0.3 is 14.8 Å². The van der Waals surface area contributed by atoms with E-state index in [1.165, 1.54) is 4.90 Å². The molecule has 11 heteroatoms. The van der Waals surface area contributed by atoms with E-state index >= 15 is 0 Å². The monoisotopic (exact) mass is 538 g/mol. The first-order chi connectivity index (χ1) is 17.2. The van der Waals surface area contributed by atoms with Gasteiger partial charge in [-0.15, -0.1) is 0 Å². The maximum absolute atomic E-state index is 13.0. The van der Waals surface area contributed by atoms with Crippen molar-refractivity contribution in [3.63, 3.8) is 0 Å². The topological polar surface area (TPSA) is 122 Å². The number of benzene rings is 2. The quantitative estimate of drug-likeness (QED) is 0.405. The highest BCUT2D eigenvalue weighted by atomic mass is 35.5. The molecule has 0 aliphatic heterocycles. The van der Waals surface area contributed by atoms with Crippen LogP contribution in [0.4, 0.5) is 16.2 Å². The molecule has 1 aliphatic rings. The summed E-state index contributed by atoms with van der Waals surface area (Å²) >= 11 is 6.01. The van der Waals surface area contributed by atoms with Crippen LogP contribution in [0.3, 0.4) is 0 Å². The molecule has 0 radical (unpaired) electrons. The second kappa shape index (κ2) is 13.6. The fourth-order valence-electron chi connectivity index (χ4n) is 4.03. The molecule has 1 fully saturated rings. The third kappa shape index (κ3) is 9.42. The van der Waals surface area contributed by atoms with E-state index in [2.05, 4.69) is 5.32 Å². The number of ether oxygens (including phenoxy) is 2. The van der Waals surface area contributed by atoms with Crippen LogP contribution < -0.4 is 10.2 Å². The molecule has 0 atom stereocenters.